The molecule has 1 aliphatic heterocycles. The third kappa shape index (κ3) is 4.96. The first-order chi connectivity index (χ1) is 14.0. The molecule has 30 heavy (non-hydrogen) atoms. The van der Waals surface area contributed by atoms with Gasteiger partial charge in [0.2, 0.25) is 15.9 Å². The molecule has 0 spiro atoms. The van der Waals surface area contributed by atoms with E-state index in [1.807, 2.05) is 6.92 Å². The van der Waals surface area contributed by atoms with Crippen molar-refractivity contribution in [3.05, 3.63) is 58.6 Å². The number of anilines is 1. The second-order valence-electron chi connectivity index (χ2n) is 7.20. The average Bonchev–Trinajstić information content (AvgIpc) is 2.69. The molecule has 1 fully saturated rings. The molecule has 1 saturated heterocycles. The normalized spacial score (nSPS) is 18.2. The molecular formula is C20H20ClF3N2O3S. The van der Waals surface area contributed by atoms with Crippen LogP contribution in [-0.2, 0) is 21.0 Å². The van der Waals surface area contributed by atoms with Crippen molar-refractivity contribution in [2.75, 3.05) is 18.4 Å². The monoisotopic (exact) mass is 460 g/mol. The number of halogens is 4. The van der Waals surface area contributed by atoms with Crippen LogP contribution >= 0.6 is 11.6 Å². The van der Waals surface area contributed by atoms with Crippen LogP contribution in [0.3, 0.4) is 0 Å². The van der Waals surface area contributed by atoms with Crippen LogP contribution in [0.2, 0.25) is 5.02 Å². The van der Waals surface area contributed by atoms with Crippen LogP contribution in [-0.4, -0.2) is 31.7 Å². The van der Waals surface area contributed by atoms with E-state index < -0.39 is 38.6 Å². The Kier molecular flexibility index (Phi) is 6.45. The van der Waals surface area contributed by atoms with E-state index >= 15 is 0 Å². The van der Waals surface area contributed by atoms with Gasteiger partial charge in [-0.2, -0.15) is 17.5 Å². The van der Waals surface area contributed by atoms with Crippen molar-refractivity contribution in [3.8, 4) is 0 Å². The van der Waals surface area contributed by atoms with Crippen molar-refractivity contribution >= 4 is 33.2 Å². The van der Waals surface area contributed by atoms with Gasteiger partial charge in [0, 0.05) is 18.8 Å². The summed E-state index contributed by atoms with van der Waals surface area (Å²) >= 11 is 5.60. The number of carbonyl (C=O) groups excluding carboxylic acids is 1. The zero-order valence-electron chi connectivity index (χ0n) is 16.0. The van der Waals surface area contributed by atoms with Gasteiger partial charge >= 0.3 is 6.18 Å². The number of carbonyl (C=O) groups is 1. The highest BCUT2D eigenvalue weighted by atomic mass is 35.5. The number of sulfonamides is 1. The molecule has 5 nitrogen and oxygen atoms in total. The number of piperidine rings is 1. The molecule has 1 unspecified atom stereocenters. The van der Waals surface area contributed by atoms with Gasteiger partial charge in [-0.1, -0.05) is 29.3 Å². The van der Waals surface area contributed by atoms with Crippen molar-refractivity contribution in [2.45, 2.75) is 30.8 Å². The van der Waals surface area contributed by atoms with Gasteiger partial charge in [-0.3, -0.25) is 4.79 Å². The molecule has 0 radical (unpaired) electrons. The highest BCUT2D eigenvalue weighted by Crippen LogP contribution is 2.36. The van der Waals surface area contributed by atoms with Crippen molar-refractivity contribution < 1.29 is 26.4 Å². The van der Waals surface area contributed by atoms with E-state index in [-0.39, 0.29) is 23.7 Å². The lowest BCUT2D eigenvalue weighted by molar-refractivity contribution is -0.137. The molecule has 0 bridgehead atoms. The highest BCUT2D eigenvalue weighted by molar-refractivity contribution is 7.89. The molecule has 162 valence electrons. The predicted molar refractivity (Wildman–Crippen MR) is 108 cm³/mol. The van der Waals surface area contributed by atoms with Gasteiger partial charge in [-0.25, -0.2) is 8.42 Å². The Morgan fingerprint density at radius 1 is 1.17 bits per heavy atom. The number of rotatable bonds is 4. The third-order valence-electron chi connectivity index (χ3n) is 4.95. The minimum absolute atomic E-state index is 0.0399. The topological polar surface area (TPSA) is 66.5 Å². The molecule has 3 rings (SSSR count). The van der Waals surface area contributed by atoms with Gasteiger partial charge in [-0.15, -0.1) is 0 Å². The van der Waals surface area contributed by atoms with Crippen LogP contribution in [0.1, 0.15) is 24.0 Å². The van der Waals surface area contributed by atoms with Crippen molar-refractivity contribution in [2.24, 2.45) is 5.92 Å². The first-order valence-electron chi connectivity index (χ1n) is 9.23. The summed E-state index contributed by atoms with van der Waals surface area (Å²) in [5.41, 5.74) is -0.171. The van der Waals surface area contributed by atoms with Gasteiger partial charge in [0.25, 0.3) is 0 Å². The number of nitrogens with zero attached hydrogens (tertiary/aromatic N) is 1. The Morgan fingerprint density at radius 3 is 2.47 bits per heavy atom. The van der Waals surface area contributed by atoms with Gasteiger partial charge in [0.15, 0.2) is 0 Å². The van der Waals surface area contributed by atoms with E-state index in [4.69, 9.17) is 11.6 Å². The lowest BCUT2D eigenvalue weighted by Gasteiger charge is -2.31. The number of hydrogen-bond acceptors (Lipinski definition) is 3. The fourth-order valence-corrected chi connectivity index (χ4v) is 5.05. The maximum Gasteiger partial charge on any atom is 0.417 e. The van der Waals surface area contributed by atoms with Crippen LogP contribution < -0.4 is 5.32 Å². The quantitative estimate of drug-likeness (QED) is 0.718. The number of nitrogens with one attached hydrogen (secondary N) is 1. The Morgan fingerprint density at radius 2 is 1.83 bits per heavy atom. The minimum Gasteiger partial charge on any atom is -0.326 e. The Labute approximate surface area is 177 Å². The van der Waals surface area contributed by atoms with Crippen molar-refractivity contribution in [1.82, 2.24) is 4.31 Å². The predicted octanol–water partition coefficient (Wildman–Crippen LogP) is 4.71. The van der Waals surface area contributed by atoms with E-state index in [2.05, 4.69) is 5.32 Å². The van der Waals surface area contributed by atoms with Crippen LogP contribution in [0, 0.1) is 12.8 Å². The molecule has 0 aliphatic carbocycles. The molecule has 10 heteroatoms. The fraction of sp³-hybridized carbons (Fsp3) is 0.350. The first-order valence-corrected chi connectivity index (χ1v) is 11.0. The van der Waals surface area contributed by atoms with Crippen LogP contribution in [0.5, 0.6) is 0 Å². The second-order valence-corrected chi connectivity index (χ2v) is 9.54. The van der Waals surface area contributed by atoms with Crippen LogP contribution in [0.15, 0.2) is 47.4 Å². The van der Waals surface area contributed by atoms with E-state index in [9.17, 15) is 26.4 Å². The fourth-order valence-electron chi connectivity index (χ4n) is 3.30. The Hall–Kier alpha value is -2.10. The molecule has 1 heterocycles. The van der Waals surface area contributed by atoms with E-state index in [0.717, 1.165) is 17.7 Å². The summed E-state index contributed by atoms with van der Waals surface area (Å²) in [6, 6.07) is 9.53. The molecule has 0 aromatic heterocycles. The zero-order valence-corrected chi connectivity index (χ0v) is 17.6. The zero-order chi connectivity index (χ0) is 22.1. The van der Waals surface area contributed by atoms with E-state index in [0.29, 0.717) is 12.8 Å². The summed E-state index contributed by atoms with van der Waals surface area (Å²) in [7, 11) is -3.76. The average molecular weight is 461 g/mol. The Bertz CT molecular complexity index is 1040. The SMILES string of the molecule is Cc1ccc(S(=O)(=O)N2CCCC(C(=O)Nc3ccc(Cl)c(C(F)(F)F)c3)C2)cc1. The summed E-state index contributed by atoms with van der Waals surface area (Å²) in [5, 5.41) is 1.99. The van der Waals surface area contributed by atoms with Crippen LogP contribution in [0.4, 0.5) is 18.9 Å². The van der Waals surface area contributed by atoms with E-state index in [1.54, 1.807) is 12.1 Å². The van der Waals surface area contributed by atoms with Gasteiger partial charge in [0.05, 0.1) is 21.4 Å². The van der Waals surface area contributed by atoms with Crippen molar-refractivity contribution in [1.29, 1.82) is 0 Å². The van der Waals surface area contributed by atoms with Gasteiger partial charge in [-0.05, 0) is 50.1 Å². The molecular weight excluding hydrogens is 441 g/mol. The van der Waals surface area contributed by atoms with Gasteiger partial charge in [0.1, 0.15) is 0 Å². The number of amides is 1. The number of alkyl halides is 3. The summed E-state index contributed by atoms with van der Waals surface area (Å²) in [5.74, 6) is -1.21. The molecule has 1 aliphatic rings. The first kappa shape index (κ1) is 22.6. The van der Waals surface area contributed by atoms with Crippen molar-refractivity contribution in [3.63, 3.8) is 0 Å². The molecule has 2 aromatic carbocycles. The largest absolute Gasteiger partial charge is 0.417 e. The summed E-state index contributed by atoms with van der Waals surface area (Å²) in [4.78, 5) is 12.8. The minimum atomic E-state index is -4.65. The smallest absolute Gasteiger partial charge is 0.326 e. The molecule has 2 aromatic rings. The molecule has 1 atom stereocenters. The second kappa shape index (κ2) is 8.56. The summed E-state index contributed by atoms with van der Waals surface area (Å²) < 4.78 is 66.0. The van der Waals surface area contributed by atoms with Crippen LogP contribution in [0.25, 0.3) is 0 Å². The molecule has 1 amide bonds. The maximum atomic E-state index is 13.0. The maximum absolute atomic E-state index is 13.0. The number of benzene rings is 2. The standard InChI is InChI=1S/C20H20ClF3N2O3S/c1-13-4-7-16(8-5-13)30(28,29)26-10-2-3-14(12-26)19(27)25-15-6-9-18(21)17(11-15)20(22,23)24/h4-9,11,14H,2-3,10,12H2,1H3,(H,25,27). The highest BCUT2D eigenvalue weighted by Gasteiger charge is 2.35. The number of hydrogen-bond donors (Lipinski definition) is 1. The van der Waals surface area contributed by atoms with E-state index in [1.165, 1.54) is 22.5 Å². The third-order valence-corrected chi connectivity index (χ3v) is 7.16. The Balaban J connectivity index is 1.74. The number of aryl methyl sites for hydroxylation is 1. The lowest BCUT2D eigenvalue weighted by Crippen LogP contribution is -2.43. The van der Waals surface area contributed by atoms with Gasteiger partial charge < -0.3 is 5.32 Å². The summed E-state index contributed by atoms with van der Waals surface area (Å²) in [6.07, 6.45) is -3.75. The molecule has 1 N–H and O–H groups in total. The lowest BCUT2D eigenvalue weighted by atomic mass is 9.98. The summed E-state index contributed by atoms with van der Waals surface area (Å²) in [6.45, 7) is 2.08. The molecule has 0 saturated carbocycles.